The number of nitrogens with one attached hydrogen (secondary N) is 2. The molecule has 3 amide bonds. The van der Waals surface area contributed by atoms with Gasteiger partial charge in [-0.25, -0.2) is 0 Å². The molecule has 11 heteroatoms. The van der Waals surface area contributed by atoms with Crippen molar-refractivity contribution < 1.29 is 23.9 Å². The molecule has 0 spiro atoms. The van der Waals surface area contributed by atoms with E-state index < -0.39 is 5.91 Å². The number of rotatable bonds is 4. The number of carbonyl (C=O) groups is 3. The number of carbonyl (C=O) groups excluding carboxylic acids is 3. The fourth-order valence-electron chi connectivity index (χ4n) is 3.68. The lowest BCUT2D eigenvalue weighted by Gasteiger charge is -2.19. The number of hydrogen-bond acceptors (Lipinski definition) is 7. The van der Waals surface area contributed by atoms with Gasteiger partial charge in [0.05, 0.1) is 11.4 Å². The van der Waals surface area contributed by atoms with Gasteiger partial charge in [0.1, 0.15) is 36.8 Å². The summed E-state index contributed by atoms with van der Waals surface area (Å²) >= 11 is 3.39. The number of primary amides is 1. The van der Waals surface area contributed by atoms with Crippen LogP contribution in [0.5, 0.6) is 11.5 Å². The molecule has 0 aromatic heterocycles. The predicted octanol–water partition coefficient (Wildman–Crippen LogP) is 1.52. The van der Waals surface area contributed by atoms with E-state index in [1.54, 1.807) is 62.3 Å². The van der Waals surface area contributed by atoms with Crippen LogP contribution >= 0.6 is 15.9 Å². The Balaban J connectivity index is 0.000000205. The summed E-state index contributed by atoms with van der Waals surface area (Å²) in [4.78, 5) is 38.1. The van der Waals surface area contributed by atoms with Crippen molar-refractivity contribution in [3.63, 3.8) is 0 Å². The summed E-state index contributed by atoms with van der Waals surface area (Å²) in [5.41, 5.74) is 7.29. The highest BCUT2D eigenvalue weighted by Crippen LogP contribution is 2.33. The minimum atomic E-state index is -0.518. The number of amides is 3. The van der Waals surface area contributed by atoms with Crippen LogP contribution < -0.4 is 35.6 Å². The Morgan fingerprint density at radius 1 is 0.944 bits per heavy atom. The third kappa shape index (κ3) is 6.23. The zero-order chi connectivity index (χ0) is 26.4. The van der Waals surface area contributed by atoms with Crippen LogP contribution in [0.4, 0.5) is 11.4 Å². The van der Waals surface area contributed by atoms with Crippen LogP contribution in [-0.4, -0.2) is 71.2 Å². The van der Waals surface area contributed by atoms with E-state index in [0.717, 1.165) is 21.5 Å². The van der Waals surface area contributed by atoms with Gasteiger partial charge in [-0.1, -0.05) is 22.0 Å². The third-order valence-corrected chi connectivity index (χ3v) is 6.33. The molecule has 10 nitrogen and oxygen atoms in total. The van der Waals surface area contributed by atoms with Crippen LogP contribution in [0.1, 0.15) is 5.56 Å². The van der Waals surface area contributed by atoms with Crippen LogP contribution in [0.2, 0.25) is 0 Å². The molecule has 2 aromatic carbocycles. The number of likely N-dealkylation sites (N-methyl/N-ethyl adjacent to an activating group) is 4. The average molecular weight is 560 g/mol. The molecule has 0 saturated carbocycles. The third-order valence-electron chi connectivity index (χ3n) is 5.83. The zero-order valence-electron chi connectivity index (χ0n) is 20.6. The molecule has 4 N–H and O–H groups in total. The van der Waals surface area contributed by atoms with Gasteiger partial charge < -0.3 is 35.6 Å². The molecule has 0 unspecified atom stereocenters. The van der Waals surface area contributed by atoms with Crippen LogP contribution in [0, 0.1) is 0 Å². The van der Waals surface area contributed by atoms with Crippen molar-refractivity contribution in [3.8, 4) is 11.5 Å². The molecular formula is C25H30BrN5O5. The van der Waals surface area contributed by atoms with Crippen LogP contribution in [0.25, 0.3) is 6.08 Å². The topological polar surface area (TPSA) is 126 Å². The van der Waals surface area contributed by atoms with Crippen molar-refractivity contribution >= 4 is 51.1 Å². The molecule has 0 aliphatic carbocycles. The lowest BCUT2D eigenvalue weighted by molar-refractivity contribution is -0.121. The van der Waals surface area contributed by atoms with Crippen molar-refractivity contribution in [2.45, 2.75) is 12.1 Å². The molecule has 0 radical (unpaired) electrons. The van der Waals surface area contributed by atoms with Gasteiger partial charge in [-0.3, -0.25) is 14.4 Å². The van der Waals surface area contributed by atoms with Crippen LogP contribution in [0.3, 0.4) is 0 Å². The molecule has 2 atom stereocenters. The summed E-state index contributed by atoms with van der Waals surface area (Å²) in [7, 11) is 6.93. The minimum Gasteiger partial charge on any atom is -0.489 e. The molecule has 2 aliphatic rings. The van der Waals surface area contributed by atoms with Gasteiger partial charge in [0.2, 0.25) is 17.7 Å². The van der Waals surface area contributed by atoms with E-state index in [4.69, 9.17) is 15.2 Å². The fraction of sp³-hybridized carbons (Fsp3) is 0.320. The van der Waals surface area contributed by atoms with E-state index >= 15 is 0 Å². The number of fused-ring (bicyclic) bond motifs is 2. The van der Waals surface area contributed by atoms with E-state index in [1.807, 2.05) is 18.2 Å². The predicted molar refractivity (Wildman–Crippen MR) is 142 cm³/mol. The molecule has 2 heterocycles. The van der Waals surface area contributed by atoms with Gasteiger partial charge in [0, 0.05) is 24.6 Å². The van der Waals surface area contributed by atoms with Gasteiger partial charge in [-0.2, -0.15) is 0 Å². The molecule has 0 fully saturated rings. The first-order chi connectivity index (χ1) is 17.2. The van der Waals surface area contributed by atoms with E-state index in [2.05, 4.69) is 26.6 Å². The second-order valence-corrected chi connectivity index (χ2v) is 9.09. The first-order valence-electron chi connectivity index (χ1n) is 11.2. The second-order valence-electron chi connectivity index (χ2n) is 8.17. The Morgan fingerprint density at radius 2 is 1.44 bits per heavy atom. The number of benzene rings is 2. The number of hydrogen-bond donors (Lipinski definition) is 3. The van der Waals surface area contributed by atoms with Crippen molar-refractivity contribution in [2.75, 3.05) is 51.2 Å². The molecule has 2 aromatic rings. The van der Waals surface area contributed by atoms with Crippen molar-refractivity contribution in [3.05, 3.63) is 52.5 Å². The smallest absolute Gasteiger partial charge is 0.247 e. The number of nitrogens with zero attached hydrogens (tertiary/aromatic N) is 2. The van der Waals surface area contributed by atoms with Crippen LogP contribution in [0.15, 0.2) is 46.9 Å². The molecule has 0 bridgehead atoms. The number of halogens is 1. The van der Waals surface area contributed by atoms with E-state index in [1.165, 1.54) is 6.08 Å². The van der Waals surface area contributed by atoms with Crippen molar-refractivity contribution in [1.82, 2.24) is 10.6 Å². The largest absolute Gasteiger partial charge is 0.489 e. The highest BCUT2D eigenvalue weighted by Gasteiger charge is 2.29. The van der Waals surface area contributed by atoms with Gasteiger partial charge in [0.25, 0.3) is 0 Å². The normalized spacial score (nSPS) is 19.2. The Morgan fingerprint density at radius 3 is 1.94 bits per heavy atom. The van der Waals surface area contributed by atoms with E-state index in [0.29, 0.717) is 18.0 Å². The maximum absolute atomic E-state index is 12.2. The summed E-state index contributed by atoms with van der Waals surface area (Å²) in [5, 5.41) is 5.87. The Bertz CT molecular complexity index is 1170. The fourth-order valence-corrected chi connectivity index (χ4v) is 4.03. The first kappa shape index (κ1) is 27.2. The molecule has 36 heavy (non-hydrogen) atoms. The second kappa shape index (κ2) is 12.0. The van der Waals surface area contributed by atoms with Crippen molar-refractivity contribution in [2.24, 2.45) is 5.73 Å². The molecule has 0 saturated heterocycles. The van der Waals surface area contributed by atoms with E-state index in [-0.39, 0.29) is 30.5 Å². The summed E-state index contributed by atoms with van der Waals surface area (Å²) < 4.78 is 12.2. The number of ether oxygens (including phenoxy) is 2. The van der Waals surface area contributed by atoms with Gasteiger partial charge in [-0.05, 0) is 56.1 Å². The van der Waals surface area contributed by atoms with Gasteiger partial charge >= 0.3 is 0 Å². The standard InChI is InChI=1S/C14H17N3O3.C11H13BrN2O2/c1-16-10-8-20-12-5-3-9(4-6-13(15)18)7-11(12)17(2)14(10)19;1-13-8-6-16-10-4-3-7(12)5-9(10)14(2)11(8)15/h3-7,10,16H,8H2,1-2H3,(H2,15,18);3-5,8,13H,6H2,1-2H3/b6-4+;/t10-;8-/m00/s1. The molecule has 2 aliphatic heterocycles. The highest BCUT2D eigenvalue weighted by atomic mass is 79.9. The quantitative estimate of drug-likeness (QED) is 0.485. The Kier molecular flexibility index (Phi) is 9.08. The van der Waals surface area contributed by atoms with Crippen molar-refractivity contribution in [1.29, 1.82) is 0 Å². The number of nitrogens with two attached hydrogens (primary N) is 1. The highest BCUT2D eigenvalue weighted by molar-refractivity contribution is 9.10. The van der Waals surface area contributed by atoms with E-state index in [9.17, 15) is 14.4 Å². The number of anilines is 2. The summed E-state index contributed by atoms with van der Waals surface area (Å²) in [5.74, 6) is 0.795. The van der Waals surface area contributed by atoms with Gasteiger partial charge in [0.15, 0.2) is 0 Å². The molecule has 4 rings (SSSR count). The molecular weight excluding hydrogens is 530 g/mol. The lowest BCUT2D eigenvalue weighted by Crippen LogP contribution is -2.45. The average Bonchev–Trinajstić information content (AvgIpc) is 3.06. The zero-order valence-corrected chi connectivity index (χ0v) is 22.2. The molecule has 192 valence electrons. The summed E-state index contributed by atoms with van der Waals surface area (Å²) in [6.07, 6.45) is 2.87. The maximum Gasteiger partial charge on any atom is 0.247 e. The summed E-state index contributed by atoms with van der Waals surface area (Å²) in [6.45, 7) is 0.636. The first-order valence-corrected chi connectivity index (χ1v) is 12.0. The van der Waals surface area contributed by atoms with Crippen LogP contribution in [-0.2, 0) is 14.4 Å². The maximum atomic E-state index is 12.2. The monoisotopic (exact) mass is 559 g/mol. The SMILES string of the molecule is CN[C@H]1COc2ccc(/C=C/C(N)=O)cc2N(C)C1=O.CN[C@H]1COc2ccc(Br)cc2N(C)C1=O. The lowest BCUT2D eigenvalue weighted by atomic mass is 10.1. The Labute approximate surface area is 218 Å². The Hall–Kier alpha value is -3.41. The summed E-state index contributed by atoms with van der Waals surface area (Å²) in [6, 6.07) is 10.3. The van der Waals surface area contributed by atoms with Gasteiger partial charge in [-0.15, -0.1) is 0 Å². The minimum absolute atomic E-state index is 0.0133.